The highest BCUT2D eigenvalue weighted by Crippen LogP contribution is 2.27. The molecule has 1 unspecified atom stereocenters. The average Bonchev–Trinajstić information content (AvgIpc) is 3.23. The van der Waals surface area contributed by atoms with Crippen molar-refractivity contribution < 1.29 is 4.74 Å². The van der Waals surface area contributed by atoms with Crippen molar-refractivity contribution in [1.82, 2.24) is 19.8 Å². The molecule has 0 aliphatic carbocycles. The number of rotatable bonds is 4. The minimum atomic E-state index is -0.490. The smallest absolute Gasteiger partial charge is 0.240 e. The molecule has 4 heterocycles. The number of hydrazone groups is 1. The van der Waals surface area contributed by atoms with Crippen molar-refractivity contribution in [2.75, 3.05) is 58.8 Å². The number of anilines is 1. The van der Waals surface area contributed by atoms with Crippen LogP contribution in [0, 0.1) is 0 Å². The summed E-state index contributed by atoms with van der Waals surface area (Å²) >= 11 is 0. The van der Waals surface area contributed by atoms with Crippen LogP contribution in [-0.2, 0) is 4.74 Å². The van der Waals surface area contributed by atoms with Gasteiger partial charge in [-0.2, -0.15) is 0 Å². The minimum Gasteiger partial charge on any atom is -0.444 e. The van der Waals surface area contributed by atoms with Gasteiger partial charge in [-0.15, -0.1) is 5.10 Å². The van der Waals surface area contributed by atoms with E-state index in [1.165, 1.54) is 0 Å². The first-order valence-corrected chi connectivity index (χ1v) is 11.2. The molecule has 9 heteroatoms. The molecule has 1 atom stereocenters. The van der Waals surface area contributed by atoms with Gasteiger partial charge < -0.3 is 25.2 Å². The number of nitrogens with zero attached hydrogens (tertiary/aromatic N) is 7. The number of hydrogen-bond donors (Lipinski definition) is 1. The quantitative estimate of drug-likeness (QED) is 0.759. The first-order valence-electron chi connectivity index (χ1n) is 11.2. The summed E-state index contributed by atoms with van der Waals surface area (Å²) in [6.45, 7) is 4.69. The molecule has 5 rings (SSSR count). The number of benzene rings is 1. The lowest BCUT2D eigenvalue weighted by atomic mass is 10.1. The Morgan fingerprint density at radius 3 is 2.39 bits per heavy atom. The minimum absolute atomic E-state index is 0.490. The summed E-state index contributed by atoms with van der Waals surface area (Å²) in [5.41, 5.74) is 9.90. The Hall–Kier alpha value is -3.59. The van der Waals surface area contributed by atoms with E-state index in [-0.39, 0.29) is 0 Å². The van der Waals surface area contributed by atoms with E-state index < -0.39 is 6.23 Å². The van der Waals surface area contributed by atoms with Crippen molar-refractivity contribution in [3.63, 3.8) is 0 Å². The van der Waals surface area contributed by atoms with Crippen LogP contribution < -0.4 is 10.6 Å². The third-order valence-corrected chi connectivity index (χ3v) is 6.29. The highest BCUT2D eigenvalue weighted by molar-refractivity contribution is 6.03. The van der Waals surface area contributed by atoms with Crippen molar-refractivity contribution in [1.29, 1.82) is 0 Å². The van der Waals surface area contributed by atoms with Gasteiger partial charge in [0.2, 0.25) is 12.1 Å². The fourth-order valence-electron chi connectivity index (χ4n) is 4.20. The first kappa shape index (κ1) is 21.3. The van der Waals surface area contributed by atoms with Crippen LogP contribution in [0.1, 0.15) is 11.1 Å². The van der Waals surface area contributed by atoms with Crippen LogP contribution in [0.3, 0.4) is 0 Å². The second-order valence-electron chi connectivity index (χ2n) is 8.70. The summed E-state index contributed by atoms with van der Waals surface area (Å²) in [7, 11) is 5.99. The second-order valence-corrected chi connectivity index (χ2v) is 8.70. The van der Waals surface area contributed by atoms with Crippen LogP contribution in [-0.4, -0.2) is 91.5 Å². The Balaban J connectivity index is 1.37. The molecule has 1 aromatic heterocycles. The molecule has 33 heavy (non-hydrogen) atoms. The maximum absolute atomic E-state index is 6.44. The molecular weight excluding hydrogens is 416 g/mol. The monoisotopic (exact) mass is 446 g/mol. The van der Waals surface area contributed by atoms with Gasteiger partial charge in [0, 0.05) is 57.6 Å². The van der Waals surface area contributed by atoms with E-state index in [9.17, 15) is 0 Å². The molecule has 9 nitrogen and oxygen atoms in total. The Kier molecular flexibility index (Phi) is 5.63. The van der Waals surface area contributed by atoms with E-state index >= 15 is 0 Å². The molecule has 172 valence electrons. The maximum Gasteiger partial charge on any atom is 0.240 e. The van der Waals surface area contributed by atoms with Crippen molar-refractivity contribution in [3.8, 4) is 0 Å². The fourth-order valence-corrected chi connectivity index (χ4v) is 4.20. The molecule has 0 radical (unpaired) electrons. The summed E-state index contributed by atoms with van der Waals surface area (Å²) in [4.78, 5) is 16.3. The van der Waals surface area contributed by atoms with Crippen molar-refractivity contribution in [2.45, 2.75) is 6.23 Å². The second kappa shape index (κ2) is 8.74. The maximum atomic E-state index is 6.44. The zero-order valence-corrected chi connectivity index (χ0v) is 19.3. The number of pyridine rings is 1. The van der Waals surface area contributed by atoms with Gasteiger partial charge in [-0.1, -0.05) is 18.2 Å². The predicted molar refractivity (Wildman–Crippen MR) is 130 cm³/mol. The van der Waals surface area contributed by atoms with Gasteiger partial charge in [0.15, 0.2) is 0 Å². The lowest BCUT2D eigenvalue weighted by Crippen LogP contribution is -2.44. The largest absolute Gasteiger partial charge is 0.444 e. The number of hydrogen-bond acceptors (Lipinski definition) is 9. The number of piperazine rings is 1. The Morgan fingerprint density at radius 1 is 0.939 bits per heavy atom. The molecule has 1 aromatic carbocycles. The number of ether oxygens (including phenoxy) is 1. The molecular formula is C24H30N8O. The van der Waals surface area contributed by atoms with Crippen LogP contribution in [0.25, 0.3) is 0 Å². The van der Waals surface area contributed by atoms with Gasteiger partial charge in [0.1, 0.15) is 17.3 Å². The van der Waals surface area contributed by atoms with Crippen molar-refractivity contribution >= 4 is 17.4 Å². The van der Waals surface area contributed by atoms with Crippen molar-refractivity contribution in [3.05, 3.63) is 71.3 Å². The van der Waals surface area contributed by atoms with E-state index in [1.807, 2.05) is 55.5 Å². The molecule has 2 N–H and O–H groups in total. The number of aromatic nitrogens is 1. The van der Waals surface area contributed by atoms with Crippen LogP contribution >= 0.6 is 0 Å². The third-order valence-electron chi connectivity index (χ3n) is 6.29. The van der Waals surface area contributed by atoms with Crippen LogP contribution in [0.2, 0.25) is 0 Å². The Morgan fingerprint density at radius 2 is 1.70 bits per heavy atom. The van der Waals surface area contributed by atoms with Gasteiger partial charge >= 0.3 is 0 Å². The van der Waals surface area contributed by atoms with E-state index in [4.69, 9.17) is 20.4 Å². The molecule has 0 saturated carbocycles. The predicted octanol–water partition coefficient (Wildman–Crippen LogP) is 1.35. The van der Waals surface area contributed by atoms with E-state index in [2.05, 4.69) is 34.1 Å². The molecule has 1 saturated heterocycles. The highest BCUT2D eigenvalue weighted by Gasteiger charge is 2.34. The summed E-state index contributed by atoms with van der Waals surface area (Å²) in [6.07, 6.45) is 1.42. The van der Waals surface area contributed by atoms with Crippen LogP contribution in [0.5, 0.6) is 0 Å². The summed E-state index contributed by atoms with van der Waals surface area (Å²) in [5, 5.41) is 6.33. The van der Waals surface area contributed by atoms with E-state index in [1.54, 1.807) is 5.01 Å². The Bertz CT molecular complexity index is 1090. The topological polar surface area (TPSA) is 85.8 Å². The van der Waals surface area contributed by atoms with E-state index in [0.29, 0.717) is 24.0 Å². The lowest BCUT2D eigenvalue weighted by Gasteiger charge is -2.33. The average molecular weight is 447 g/mol. The van der Waals surface area contributed by atoms with Crippen LogP contribution in [0.4, 0.5) is 5.82 Å². The third kappa shape index (κ3) is 4.23. The number of aliphatic imine (C=N–C) groups is 1. The van der Waals surface area contributed by atoms with Gasteiger partial charge in [0.25, 0.3) is 0 Å². The molecule has 2 aromatic rings. The Labute approximate surface area is 194 Å². The van der Waals surface area contributed by atoms with Gasteiger partial charge in [0.05, 0.1) is 12.3 Å². The summed E-state index contributed by atoms with van der Waals surface area (Å²) in [5.74, 6) is 2.15. The van der Waals surface area contributed by atoms with Gasteiger partial charge in [-0.25, -0.2) is 9.98 Å². The fraction of sp³-hybridized carbons (Fsp3) is 0.375. The summed E-state index contributed by atoms with van der Waals surface area (Å²) in [6, 6.07) is 14.0. The first-order chi connectivity index (χ1) is 16.0. The van der Waals surface area contributed by atoms with Gasteiger partial charge in [-0.3, -0.25) is 5.01 Å². The normalized spacial score (nSPS) is 21.8. The number of nitrogens with two attached hydrogens (primary N) is 1. The lowest BCUT2D eigenvalue weighted by molar-refractivity contribution is 0.106. The summed E-state index contributed by atoms with van der Waals surface area (Å²) < 4.78 is 6.19. The SMILES string of the molecule is CN1CCN(c2ccc(C3=NC(C4OC(c5ccccc5)=NN4C)=C(N)N(C)C3)cn2)CC1. The number of likely N-dealkylation sites (N-methyl/N-ethyl adjacent to an activating group) is 3. The van der Waals surface area contributed by atoms with Gasteiger partial charge in [-0.05, 0) is 31.3 Å². The van der Waals surface area contributed by atoms with Crippen molar-refractivity contribution in [2.24, 2.45) is 15.8 Å². The highest BCUT2D eigenvalue weighted by atomic mass is 16.5. The van der Waals surface area contributed by atoms with E-state index in [0.717, 1.165) is 48.8 Å². The van der Waals surface area contributed by atoms with Crippen LogP contribution in [0.15, 0.2) is 70.3 Å². The zero-order valence-electron chi connectivity index (χ0n) is 19.3. The standard InChI is InChI=1S/C24H30N8O/c1-29-11-13-32(14-12-29)20-10-9-18(15-26-20)19-16-30(2)22(25)21(27-19)24-31(3)28-23(33-24)17-7-5-4-6-8-17/h4-10,15,24H,11-14,16,25H2,1-3H3. The molecule has 0 spiro atoms. The molecule has 0 bridgehead atoms. The molecule has 1 fully saturated rings. The zero-order chi connectivity index (χ0) is 22.9. The molecule has 0 amide bonds. The molecule has 3 aliphatic rings. The molecule has 3 aliphatic heterocycles.